The molecule has 86 valence electrons. The van der Waals surface area contributed by atoms with Gasteiger partial charge < -0.3 is 14.4 Å². The average Bonchev–Trinajstić information content (AvgIpc) is 2.16. The minimum absolute atomic E-state index is 0.307. The van der Waals surface area contributed by atoms with Crippen LogP contribution in [0.5, 0.6) is 0 Å². The van der Waals surface area contributed by atoms with Crippen molar-refractivity contribution in [1.82, 2.24) is 4.90 Å². The van der Waals surface area contributed by atoms with Crippen molar-refractivity contribution in [3.05, 3.63) is 0 Å². The maximum atomic E-state index is 5.45. The van der Waals surface area contributed by atoms with Gasteiger partial charge in [-0.15, -0.1) is 0 Å². The fourth-order valence-corrected chi connectivity index (χ4v) is 1.18. The lowest BCUT2D eigenvalue weighted by atomic mass is 10.5. The summed E-state index contributed by atoms with van der Waals surface area (Å²) in [6, 6.07) is 0. The van der Waals surface area contributed by atoms with E-state index in [1.54, 1.807) is 0 Å². The summed E-state index contributed by atoms with van der Waals surface area (Å²) in [4.78, 5) is 2.35. The molecule has 0 amide bonds. The van der Waals surface area contributed by atoms with Gasteiger partial charge in [0.25, 0.3) is 0 Å². The van der Waals surface area contributed by atoms with Crippen molar-refractivity contribution in [2.24, 2.45) is 0 Å². The van der Waals surface area contributed by atoms with Crippen LogP contribution in [0.2, 0.25) is 0 Å². The maximum Gasteiger partial charge on any atom is 0.0703 e. The minimum atomic E-state index is 0.307. The lowest BCUT2D eigenvalue weighted by Gasteiger charge is -2.17. The van der Waals surface area contributed by atoms with Crippen LogP contribution >= 0.6 is 0 Å². The Bertz CT molecular complexity index is 114. The van der Waals surface area contributed by atoms with Gasteiger partial charge in [-0.05, 0) is 26.9 Å². The smallest absolute Gasteiger partial charge is 0.0703 e. The van der Waals surface area contributed by atoms with Crippen LogP contribution in [0.1, 0.15) is 27.7 Å². The molecule has 0 saturated carbocycles. The first-order valence-corrected chi connectivity index (χ1v) is 5.62. The van der Waals surface area contributed by atoms with E-state index in [9.17, 15) is 0 Å². The summed E-state index contributed by atoms with van der Waals surface area (Å²) in [7, 11) is 0. The molecule has 0 bridgehead atoms. The summed E-state index contributed by atoms with van der Waals surface area (Å²) >= 11 is 0. The predicted molar refractivity (Wildman–Crippen MR) is 59.7 cm³/mol. The number of ether oxygens (including phenoxy) is 2. The van der Waals surface area contributed by atoms with E-state index in [0.717, 1.165) is 26.2 Å². The Kier molecular flexibility index (Phi) is 9.35. The fourth-order valence-electron chi connectivity index (χ4n) is 1.18. The first kappa shape index (κ1) is 13.9. The van der Waals surface area contributed by atoms with E-state index >= 15 is 0 Å². The van der Waals surface area contributed by atoms with Crippen LogP contribution in [-0.4, -0.2) is 50.5 Å². The van der Waals surface area contributed by atoms with Crippen LogP contribution in [0.25, 0.3) is 0 Å². The van der Waals surface area contributed by atoms with Crippen molar-refractivity contribution in [3.8, 4) is 0 Å². The Morgan fingerprint density at radius 2 is 1.64 bits per heavy atom. The summed E-state index contributed by atoms with van der Waals surface area (Å²) in [5.74, 6) is 0. The monoisotopic (exact) mass is 203 g/mol. The molecule has 0 atom stereocenters. The molecule has 0 fully saturated rings. The molecule has 3 nitrogen and oxygen atoms in total. The zero-order valence-electron chi connectivity index (χ0n) is 10.1. The van der Waals surface area contributed by atoms with Gasteiger partial charge in [0.1, 0.15) is 0 Å². The molecule has 0 aromatic carbocycles. The lowest BCUT2D eigenvalue weighted by Crippen LogP contribution is -2.27. The SMILES string of the molecule is CCN(CC)CCOCCOC(C)C. The predicted octanol–water partition coefficient (Wildman–Crippen LogP) is 1.77. The summed E-state index contributed by atoms with van der Waals surface area (Å²) in [5, 5.41) is 0. The zero-order chi connectivity index (χ0) is 10.8. The number of nitrogens with zero attached hydrogens (tertiary/aromatic N) is 1. The highest BCUT2D eigenvalue weighted by Crippen LogP contribution is 1.89. The molecule has 0 spiro atoms. The van der Waals surface area contributed by atoms with Gasteiger partial charge in [0.2, 0.25) is 0 Å². The first-order valence-electron chi connectivity index (χ1n) is 5.62. The molecular weight excluding hydrogens is 178 g/mol. The Morgan fingerprint density at radius 3 is 2.14 bits per heavy atom. The van der Waals surface area contributed by atoms with E-state index in [2.05, 4.69) is 18.7 Å². The summed E-state index contributed by atoms with van der Waals surface area (Å²) in [5.41, 5.74) is 0. The molecule has 0 aromatic rings. The minimum Gasteiger partial charge on any atom is -0.378 e. The molecule has 0 rings (SSSR count). The third-order valence-electron chi connectivity index (χ3n) is 2.13. The molecule has 0 aliphatic rings. The van der Waals surface area contributed by atoms with Crippen molar-refractivity contribution >= 4 is 0 Å². The third kappa shape index (κ3) is 8.48. The van der Waals surface area contributed by atoms with E-state index in [1.165, 1.54) is 0 Å². The highest BCUT2D eigenvalue weighted by atomic mass is 16.5. The first-order chi connectivity index (χ1) is 6.70. The normalized spacial score (nSPS) is 11.6. The standard InChI is InChI=1S/C11H25NO2/c1-5-12(6-2)7-8-13-9-10-14-11(3)4/h11H,5-10H2,1-4H3. The summed E-state index contributed by atoms with van der Waals surface area (Å²) in [6.07, 6.45) is 0.307. The van der Waals surface area contributed by atoms with Crippen LogP contribution < -0.4 is 0 Å². The molecule has 0 unspecified atom stereocenters. The number of hydrogen-bond acceptors (Lipinski definition) is 3. The van der Waals surface area contributed by atoms with E-state index in [-0.39, 0.29) is 0 Å². The van der Waals surface area contributed by atoms with Gasteiger partial charge in [0.05, 0.1) is 25.9 Å². The number of likely N-dealkylation sites (N-methyl/N-ethyl adjacent to an activating group) is 1. The second-order valence-electron chi connectivity index (χ2n) is 3.56. The molecule has 0 saturated heterocycles. The Balaban J connectivity index is 3.12. The van der Waals surface area contributed by atoms with Crippen LogP contribution in [-0.2, 0) is 9.47 Å². The molecule has 3 heteroatoms. The van der Waals surface area contributed by atoms with Gasteiger partial charge >= 0.3 is 0 Å². The topological polar surface area (TPSA) is 21.7 Å². The quantitative estimate of drug-likeness (QED) is 0.533. The average molecular weight is 203 g/mol. The molecule has 0 N–H and O–H groups in total. The molecular formula is C11H25NO2. The molecule has 0 radical (unpaired) electrons. The van der Waals surface area contributed by atoms with E-state index < -0.39 is 0 Å². The van der Waals surface area contributed by atoms with Gasteiger partial charge in [0, 0.05) is 6.54 Å². The largest absolute Gasteiger partial charge is 0.378 e. The van der Waals surface area contributed by atoms with Gasteiger partial charge in [0.15, 0.2) is 0 Å². The zero-order valence-corrected chi connectivity index (χ0v) is 10.1. The number of hydrogen-bond donors (Lipinski definition) is 0. The van der Waals surface area contributed by atoms with Crippen molar-refractivity contribution in [2.45, 2.75) is 33.8 Å². The van der Waals surface area contributed by atoms with Crippen molar-refractivity contribution in [2.75, 3.05) is 39.5 Å². The maximum absolute atomic E-state index is 5.45. The molecule has 0 aliphatic heterocycles. The lowest BCUT2D eigenvalue weighted by molar-refractivity contribution is 0.0146. The van der Waals surface area contributed by atoms with Gasteiger partial charge in [-0.1, -0.05) is 13.8 Å². The molecule has 0 heterocycles. The summed E-state index contributed by atoms with van der Waals surface area (Å²) < 4.78 is 10.8. The fraction of sp³-hybridized carbons (Fsp3) is 1.00. The van der Waals surface area contributed by atoms with Crippen LogP contribution in [0.4, 0.5) is 0 Å². The van der Waals surface area contributed by atoms with Gasteiger partial charge in [-0.25, -0.2) is 0 Å². The molecule has 0 aliphatic carbocycles. The van der Waals surface area contributed by atoms with Gasteiger partial charge in [-0.3, -0.25) is 0 Å². The van der Waals surface area contributed by atoms with Crippen molar-refractivity contribution in [1.29, 1.82) is 0 Å². The van der Waals surface area contributed by atoms with E-state index in [0.29, 0.717) is 19.3 Å². The Hall–Kier alpha value is -0.120. The summed E-state index contributed by atoms with van der Waals surface area (Å²) in [6.45, 7) is 13.9. The Labute approximate surface area is 88.4 Å². The Morgan fingerprint density at radius 1 is 1.00 bits per heavy atom. The third-order valence-corrected chi connectivity index (χ3v) is 2.13. The van der Waals surface area contributed by atoms with E-state index in [4.69, 9.17) is 9.47 Å². The van der Waals surface area contributed by atoms with Crippen LogP contribution in [0.3, 0.4) is 0 Å². The second-order valence-corrected chi connectivity index (χ2v) is 3.56. The molecule has 14 heavy (non-hydrogen) atoms. The van der Waals surface area contributed by atoms with Gasteiger partial charge in [-0.2, -0.15) is 0 Å². The highest BCUT2D eigenvalue weighted by molar-refractivity contribution is 4.50. The van der Waals surface area contributed by atoms with Crippen molar-refractivity contribution < 1.29 is 9.47 Å². The molecule has 0 aromatic heterocycles. The van der Waals surface area contributed by atoms with Crippen LogP contribution in [0.15, 0.2) is 0 Å². The number of rotatable bonds is 9. The van der Waals surface area contributed by atoms with Crippen LogP contribution in [0, 0.1) is 0 Å². The van der Waals surface area contributed by atoms with Crippen molar-refractivity contribution in [3.63, 3.8) is 0 Å². The highest BCUT2D eigenvalue weighted by Gasteiger charge is 1.98. The second kappa shape index (κ2) is 9.44. The van der Waals surface area contributed by atoms with E-state index in [1.807, 2.05) is 13.8 Å².